The van der Waals surface area contributed by atoms with Crippen molar-refractivity contribution in [2.45, 2.75) is 19.8 Å². The van der Waals surface area contributed by atoms with Gasteiger partial charge < -0.3 is 15.2 Å². The zero-order valence-electron chi connectivity index (χ0n) is 9.24. The Morgan fingerprint density at radius 2 is 2.38 bits per heavy atom. The van der Waals surface area contributed by atoms with Crippen molar-refractivity contribution in [2.24, 2.45) is 0 Å². The van der Waals surface area contributed by atoms with Crippen LogP contribution in [0.5, 0.6) is 5.88 Å². The van der Waals surface area contributed by atoms with E-state index in [4.69, 9.17) is 9.84 Å². The Morgan fingerprint density at radius 1 is 1.56 bits per heavy atom. The van der Waals surface area contributed by atoms with Gasteiger partial charge in [0, 0.05) is 19.6 Å². The molecule has 0 unspecified atom stereocenters. The molecule has 6 heteroatoms. The van der Waals surface area contributed by atoms with Crippen LogP contribution in [0.4, 0.5) is 10.3 Å². The fourth-order valence-electron chi connectivity index (χ4n) is 1.01. The van der Waals surface area contributed by atoms with Crippen LogP contribution in [0.15, 0.2) is 6.20 Å². The summed E-state index contributed by atoms with van der Waals surface area (Å²) in [4.78, 5) is 7.66. The molecule has 0 saturated heterocycles. The molecule has 2 N–H and O–H groups in total. The van der Waals surface area contributed by atoms with Crippen molar-refractivity contribution in [1.29, 1.82) is 0 Å². The maximum Gasteiger partial charge on any atom is 0.255 e. The summed E-state index contributed by atoms with van der Waals surface area (Å²) in [5, 5.41) is 11.5. The summed E-state index contributed by atoms with van der Waals surface area (Å²) in [6.07, 6.45) is 2.45. The molecule has 0 aliphatic heterocycles. The first-order chi connectivity index (χ1) is 7.77. The highest BCUT2D eigenvalue weighted by atomic mass is 19.1. The molecule has 0 fully saturated rings. The first kappa shape index (κ1) is 12.6. The first-order valence-electron chi connectivity index (χ1n) is 5.28. The Kier molecular flexibility index (Phi) is 5.49. The van der Waals surface area contributed by atoms with Crippen molar-refractivity contribution in [1.82, 2.24) is 9.97 Å². The summed E-state index contributed by atoms with van der Waals surface area (Å²) >= 11 is 0. The lowest BCUT2D eigenvalue weighted by Crippen LogP contribution is -2.08. The zero-order chi connectivity index (χ0) is 11.8. The third-order valence-corrected chi connectivity index (χ3v) is 1.79. The van der Waals surface area contributed by atoms with E-state index in [1.165, 1.54) is 0 Å². The van der Waals surface area contributed by atoms with Crippen LogP contribution >= 0.6 is 0 Å². The molecule has 0 saturated carbocycles. The van der Waals surface area contributed by atoms with Crippen LogP contribution in [0.3, 0.4) is 0 Å². The van der Waals surface area contributed by atoms with Crippen LogP contribution in [0.25, 0.3) is 0 Å². The number of nitrogens with zero attached hydrogens (tertiary/aromatic N) is 2. The van der Waals surface area contributed by atoms with Gasteiger partial charge in [-0.25, -0.2) is 4.98 Å². The Bertz CT molecular complexity index is 323. The molecule has 0 radical (unpaired) electrons. The number of nitrogens with one attached hydrogen (secondary N) is 1. The molecule has 90 valence electrons. The van der Waals surface area contributed by atoms with Gasteiger partial charge in [-0.05, 0) is 6.42 Å². The van der Waals surface area contributed by atoms with Gasteiger partial charge in [0.1, 0.15) is 0 Å². The number of halogens is 1. The van der Waals surface area contributed by atoms with E-state index in [9.17, 15) is 4.39 Å². The molecule has 0 aromatic carbocycles. The lowest BCUT2D eigenvalue weighted by atomic mass is 10.5. The summed E-state index contributed by atoms with van der Waals surface area (Å²) in [5.74, 6) is -0.329. The van der Waals surface area contributed by atoms with E-state index in [1.807, 2.05) is 6.92 Å². The van der Waals surface area contributed by atoms with E-state index < -0.39 is 5.82 Å². The highest BCUT2D eigenvalue weighted by molar-refractivity contribution is 5.28. The predicted octanol–water partition coefficient (Wildman–Crippen LogP) is 1.20. The van der Waals surface area contributed by atoms with Crippen molar-refractivity contribution >= 4 is 5.95 Å². The van der Waals surface area contributed by atoms with Crippen LogP contribution in [0.1, 0.15) is 19.8 Å². The van der Waals surface area contributed by atoms with Crippen molar-refractivity contribution < 1.29 is 14.2 Å². The molecule has 1 heterocycles. The minimum atomic E-state index is -0.597. The van der Waals surface area contributed by atoms with Crippen molar-refractivity contribution in [3.63, 3.8) is 0 Å². The van der Waals surface area contributed by atoms with Gasteiger partial charge in [-0.3, -0.25) is 0 Å². The number of aromatic nitrogens is 2. The second-order valence-electron chi connectivity index (χ2n) is 3.20. The van der Waals surface area contributed by atoms with E-state index in [2.05, 4.69) is 15.3 Å². The minimum absolute atomic E-state index is 0.00758. The summed E-state index contributed by atoms with van der Waals surface area (Å²) in [6.45, 7) is 2.97. The Hall–Kier alpha value is -1.43. The monoisotopic (exact) mass is 229 g/mol. The van der Waals surface area contributed by atoms with Gasteiger partial charge in [-0.1, -0.05) is 6.92 Å². The van der Waals surface area contributed by atoms with Crippen LogP contribution in [-0.2, 0) is 0 Å². The standard InChI is InChI=1S/C10H16FN3O2/c1-2-4-12-10-13-7-8(11)9(14-10)16-6-3-5-15/h7,15H,2-6H2,1H3,(H,12,13,14). The fourth-order valence-corrected chi connectivity index (χ4v) is 1.01. The van der Waals surface area contributed by atoms with E-state index in [0.29, 0.717) is 12.4 Å². The summed E-state index contributed by atoms with van der Waals surface area (Å²) in [7, 11) is 0. The van der Waals surface area contributed by atoms with Gasteiger partial charge >= 0.3 is 0 Å². The molecular weight excluding hydrogens is 213 g/mol. The molecule has 5 nitrogen and oxygen atoms in total. The third-order valence-electron chi connectivity index (χ3n) is 1.79. The van der Waals surface area contributed by atoms with Gasteiger partial charge in [0.15, 0.2) is 0 Å². The Morgan fingerprint density at radius 3 is 3.06 bits per heavy atom. The molecule has 0 aliphatic carbocycles. The van der Waals surface area contributed by atoms with E-state index in [1.54, 1.807) is 0 Å². The lowest BCUT2D eigenvalue weighted by molar-refractivity contribution is 0.223. The summed E-state index contributed by atoms with van der Waals surface area (Å²) in [6, 6.07) is 0. The molecule has 1 aromatic heterocycles. The molecule has 0 spiro atoms. The van der Waals surface area contributed by atoms with E-state index >= 15 is 0 Å². The average molecular weight is 229 g/mol. The van der Waals surface area contributed by atoms with Gasteiger partial charge in [-0.2, -0.15) is 9.37 Å². The minimum Gasteiger partial charge on any atom is -0.475 e. The number of aliphatic hydroxyl groups is 1. The van der Waals surface area contributed by atoms with Crippen LogP contribution in [0, 0.1) is 5.82 Å². The van der Waals surface area contributed by atoms with Crippen LogP contribution in [-0.4, -0.2) is 34.8 Å². The normalized spacial score (nSPS) is 10.2. The quantitative estimate of drug-likeness (QED) is 0.688. The Labute approximate surface area is 93.7 Å². The second kappa shape index (κ2) is 6.95. The Balaban J connectivity index is 2.59. The topological polar surface area (TPSA) is 67.3 Å². The smallest absolute Gasteiger partial charge is 0.255 e. The maximum absolute atomic E-state index is 13.2. The maximum atomic E-state index is 13.2. The molecule has 16 heavy (non-hydrogen) atoms. The highest BCUT2D eigenvalue weighted by Gasteiger charge is 2.07. The number of hydrogen-bond donors (Lipinski definition) is 2. The van der Waals surface area contributed by atoms with Crippen LogP contribution < -0.4 is 10.1 Å². The van der Waals surface area contributed by atoms with Crippen molar-refractivity contribution in [3.8, 4) is 5.88 Å². The number of ether oxygens (including phenoxy) is 1. The zero-order valence-corrected chi connectivity index (χ0v) is 9.24. The van der Waals surface area contributed by atoms with E-state index in [0.717, 1.165) is 19.2 Å². The van der Waals surface area contributed by atoms with Gasteiger partial charge in [0.2, 0.25) is 11.8 Å². The fraction of sp³-hybridized carbons (Fsp3) is 0.600. The highest BCUT2D eigenvalue weighted by Crippen LogP contribution is 2.14. The SMILES string of the molecule is CCCNc1ncc(F)c(OCCCO)n1. The van der Waals surface area contributed by atoms with Crippen molar-refractivity contribution in [3.05, 3.63) is 12.0 Å². The molecule has 1 aromatic rings. The number of hydrogen-bond acceptors (Lipinski definition) is 5. The summed E-state index contributed by atoms with van der Waals surface area (Å²) < 4.78 is 18.3. The predicted molar refractivity (Wildman–Crippen MR) is 58.0 cm³/mol. The summed E-state index contributed by atoms with van der Waals surface area (Å²) in [5.41, 5.74) is 0. The number of aliphatic hydroxyl groups excluding tert-OH is 1. The molecular formula is C10H16FN3O2. The van der Waals surface area contributed by atoms with Gasteiger partial charge in [0.05, 0.1) is 12.8 Å². The first-order valence-corrected chi connectivity index (χ1v) is 5.28. The van der Waals surface area contributed by atoms with E-state index in [-0.39, 0.29) is 19.1 Å². The molecule has 0 bridgehead atoms. The third kappa shape index (κ3) is 3.98. The largest absolute Gasteiger partial charge is 0.475 e. The van der Waals surface area contributed by atoms with Gasteiger partial charge in [-0.15, -0.1) is 0 Å². The van der Waals surface area contributed by atoms with Crippen LogP contribution in [0.2, 0.25) is 0 Å². The molecule has 0 aliphatic rings. The number of rotatable bonds is 7. The molecule has 0 atom stereocenters. The van der Waals surface area contributed by atoms with Crippen molar-refractivity contribution in [2.75, 3.05) is 25.1 Å². The second-order valence-corrected chi connectivity index (χ2v) is 3.20. The lowest BCUT2D eigenvalue weighted by Gasteiger charge is -2.07. The number of anilines is 1. The van der Waals surface area contributed by atoms with Gasteiger partial charge in [0.25, 0.3) is 5.88 Å². The average Bonchev–Trinajstić information content (AvgIpc) is 2.30. The molecule has 1 rings (SSSR count). The molecule has 0 amide bonds.